The number of rotatable bonds is 8. The zero-order chi connectivity index (χ0) is 26.5. The summed E-state index contributed by atoms with van der Waals surface area (Å²) >= 11 is 0. The Morgan fingerprint density at radius 2 is 1.39 bits per heavy atom. The molecule has 196 valence electrons. The van der Waals surface area contributed by atoms with Crippen LogP contribution >= 0.6 is 0 Å². The third kappa shape index (κ3) is 5.41. The van der Waals surface area contributed by atoms with E-state index in [-0.39, 0.29) is 17.0 Å². The number of hydrogen-bond acceptors (Lipinski definition) is 4. The van der Waals surface area contributed by atoms with E-state index in [2.05, 4.69) is 65.6 Å². The maximum Gasteiger partial charge on any atom is 0.262 e. The summed E-state index contributed by atoms with van der Waals surface area (Å²) in [5.74, 6) is 1.30. The lowest BCUT2D eigenvalue weighted by molar-refractivity contribution is 0.172. The molecular weight excluding hydrogens is 470 g/mol. The maximum atomic E-state index is 13.1. The molecule has 0 bridgehead atoms. The first-order valence-electron chi connectivity index (χ1n) is 13.7. The summed E-state index contributed by atoms with van der Waals surface area (Å²) in [7, 11) is 0. The first-order chi connectivity index (χ1) is 18.5. The van der Waals surface area contributed by atoms with Gasteiger partial charge in [-0.15, -0.1) is 0 Å². The monoisotopic (exact) mass is 507 g/mol. The van der Waals surface area contributed by atoms with E-state index in [0.29, 0.717) is 29.3 Å². The van der Waals surface area contributed by atoms with Crippen LogP contribution in [0.5, 0.6) is 0 Å². The lowest BCUT2D eigenvalue weighted by Crippen LogP contribution is -2.42. The Morgan fingerprint density at radius 3 is 2.00 bits per heavy atom. The Kier molecular flexibility index (Phi) is 7.99. The van der Waals surface area contributed by atoms with Gasteiger partial charge in [0.15, 0.2) is 0 Å². The molecule has 5 rings (SSSR count). The van der Waals surface area contributed by atoms with Crippen molar-refractivity contribution in [3.63, 3.8) is 0 Å². The Labute approximate surface area is 224 Å². The molecule has 38 heavy (non-hydrogen) atoms. The molecule has 1 fully saturated rings. The molecule has 1 aromatic heterocycles. The van der Waals surface area contributed by atoms with Gasteiger partial charge in [-0.2, -0.15) is 0 Å². The first kappa shape index (κ1) is 25.9. The van der Waals surface area contributed by atoms with Gasteiger partial charge in [0, 0.05) is 12.5 Å². The van der Waals surface area contributed by atoms with Crippen molar-refractivity contribution in [2.24, 2.45) is 5.92 Å². The van der Waals surface area contributed by atoms with Gasteiger partial charge in [0.05, 0.1) is 10.9 Å². The van der Waals surface area contributed by atoms with Crippen molar-refractivity contribution >= 4 is 16.7 Å². The van der Waals surface area contributed by atoms with Crippen LogP contribution in [0.1, 0.15) is 49.7 Å². The number of benzene rings is 3. The van der Waals surface area contributed by atoms with Crippen LogP contribution in [0.25, 0.3) is 10.9 Å². The summed E-state index contributed by atoms with van der Waals surface area (Å²) in [6.45, 7) is 5.34. The number of piperidine rings is 1. The second-order valence-corrected chi connectivity index (χ2v) is 10.4. The summed E-state index contributed by atoms with van der Waals surface area (Å²) in [4.78, 5) is 15.7. The second kappa shape index (κ2) is 11.7. The molecule has 6 heteroatoms. The molecule has 0 radical (unpaired) electrons. The SMILES string of the molecule is CC(=N)n1c(=N)n(CCCCN2CCC(C(c3ccccc3)c3ccccc3)CC2)c(=O)c2ccccc21. The highest BCUT2D eigenvalue weighted by Gasteiger charge is 2.28. The Morgan fingerprint density at radius 1 is 0.842 bits per heavy atom. The molecule has 0 aliphatic carbocycles. The summed E-state index contributed by atoms with van der Waals surface area (Å²) in [5.41, 5.74) is 3.37. The summed E-state index contributed by atoms with van der Waals surface area (Å²) in [6, 6.07) is 29.1. The number of nitrogens with one attached hydrogen (secondary N) is 2. The molecule has 1 saturated heterocycles. The minimum Gasteiger partial charge on any atom is -0.303 e. The summed E-state index contributed by atoms with van der Waals surface area (Å²) < 4.78 is 3.08. The minimum atomic E-state index is -0.142. The van der Waals surface area contributed by atoms with Gasteiger partial charge in [0.2, 0.25) is 5.62 Å². The van der Waals surface area contributed by atoms with E-state index < -0.39 is 0 Å². The Bertz CT molecular complexity index is 1460. The normalized spacial score (nSPS) is 14.8. The fraction of sp³-hybridized carbons (Fsp3) is 0.344. The van der Waals surface area contributed by atoms with Gasteiger partial charge in [-0.1, -0.05) is 72.8 Å². The highest BCUT2D eigenvalue weighted by atomic mass is 16.1. The largest absolute Gasteiger partial charge is 0.303 e. The lowest BCUT2D eigenvalue weighted by atomic mass is 9.76. The molecule has 2 heterocycles. The van der Waals surface area contributed by atoms with Crippen LogP contribution in [-0.2, 0) is 6.54 Å². The van der Waals surface area contributed by atoms with Gasteiger partial charge < -0.3 is 4.90 Å². The third-order valence-electron chi connectivity index (χ3n) is 7.95. The average molecular weight is 508 g/mol. The quantitative estimate of drug-likeness (QED) is 0.189. The van der Waals surface area contributed by atoms with Crippen molar-refractivity contribution in [2.45, 2.75) is 45.1 Å². The van der Waals surface area contributed by atoms with Crippen molar-refractivity contribution in [2.75, 3.05) is 19.6 Å². The van der Waals surface area contributed by atoms with E-state index in [1.807, 2.05) is 12.1 Å². The molecule has 4 aromatic rings. The molecule has 6 nitrogen and oxygen atoms in total. The van der Waals surface area contributed by atoms with Crippen LogP contribution in [0, 0.1) is 16.7 Å². The zero-order valence-corrected chi connectivity index (χ0v) is 22.1. The van der Waals surface area contributed by atoms with Crippen molar-refractivity contribution in [1.82, 2.24) is 14.0 Å². The Balaban J connectivity index is 1.20. The topological polar surface area (TPSA) is 77.9 Å². The molecule has 0 unspecified atom stereocenters. The molecule has 0 spiro atoms. The van der Waals surface area contributed by atoms with E-state index in [0.717, 1.165) is 32.5 Å². The smallest absolute Gasteiger partial charge is 0.262 e. The van der Waals surface area contributed by atoms with E-state index in [1.165, 1.54) is 28.5 Å². The fourth-order valence-electron chi connectivity index (χ4n) is 6.05. The molecular formula is C32H37N5O. The average Bonchev–Trinajstić information content (AvgIpc) is 2.94. The number of aromatic nitrogens is 2. The van der Waals surface area contributed by atoms with Gasteiger partial charge in [-0.3, -0.25) is 24.7 Å². The molecule has 0 saturated carbocycles. The van der Waals surface area contributed by atoms with Crippen molar-refractivity contribution in [1.29, 1.82) is 10.8 Å². The van der Waals surface area contributed by atoms with Crippen molar-refractivity contribution in [3.05, 3.63) is 112 Å². The molecule has 2 N–H and O–H groups in total. The van der Waals surface area contributed by atoms with E-state index in [9.17, 15) is 4.79 Å². The van der Waals surface area contributed by atoms with Gasteiger partial charge in [0.1, 0.15) is 5.84 Å². The first-order valence-corrected chi connectivity index (χ1v) is 13.7. The minimum absolute atomic E-state index is 0.0786. The lowest BCUT2D eigenvalue weighted by Gasteiger charge is -2.36. The van der Waals surface area contributed by atoms with Gasteiger partial charge in [-0.25, -0.2) is 0 Å². The number of likely N-dealkylation sites (tertiary alicyclic amines) is 1. The van der Waals surface area contributed by atoms with Crippen LogP contribution in [0.4, 0.5) is 0 Å². The van der Waals surface area contributed by atoms with Crippen LogP contribution < -0.4 is 11.2 Å². The number of nitrogens with zero attached hydrogens (tertiary/aromatic N) is 3. The molecule has 3 aromatic carbocycles. The second-order valence-electron chi connectivity index (χ2n) is 10.4. The maximum absolute atomic E-state index is 13.1. The van der Waals surface area contributed by atoms with E-state index >= 15 is 0 Å². The zero-order valence-electron chi connectivity index (χ0n) is 22.1. The highest BCUT2D eigenvalue weighted by Crippen LogP contribution is 2.37. The molecule has 0 amide bonds. The third-order valence-corrected chi connectivity index (χ3v) is 7.95. The van der Waals surface area contributed by atoms with Crippen LogP contribution in [0.2, 0.25) is 0 Å². The highest BCUT2D eigenvalue weighted by molar-refractivity contribution is 5.90. The van der Waals surface area contributed by atoms with Crippen molar-refractivity contribution in [3.8, 4) is 0 Å². The standard InChI is InChI=1S/C32H37N5O/c1-24(33)37-29-17-9-8-16-28(29)31(38)36(32(37)34)21-11-10-20-35-22-18-27(19-23-35)30(25-12-4-2-5-13-25)26-14-6-3-7-15-26/h2-9,12-17,27,30,33-34H,10-11,18-23H2,1H3. The molecule has 1 aliphatic rings. The number of hydrogen-bond donors (Lipinski definition) is 2. The van der Waals surface area contributed by atoms with Crippen LogP contribution in [-0.4, -0.2) is 39.5 Å². The molecule has 0 atom stereocenters. The predicted octanol–water partition coefficient (Wildman–Crippen LogP) is 5.45. The number of para-hydroxylation sites is 1. The van der Waals surface area contributed by atoms with E-state index in [4.69, 9.17) is 10.8 Å². The van der Waals surface area contributed by atoms with Gasteiger partial charge in [0.25, 0.3) is 5.56 Å². The molecule has 1 aliphatic heterocycles. The number of unbranched alkanes of at least 4 members (excludes halogenated alkanes) is 1. The Hall–Kier alpha value is -3.77. The van der Waals surface area contributed by atoms with Gasteiger partial charge in [-0.05, 0) is 81.4 Å². The summed E-state index contributed by atoms with van der Waals surface area (Å²) in [5, 5.41) is 17.3. The van der Waals surface area contributed by atoms with Gasteiger partial charge >= 0.3 is 0 Å². The van der Waals surface area contributed by atoms with E-state index in [1.54, 1.807) is 23.6 Å². The van der Waals surface area contributed by atoms with Crippen molar-refractivity contribution < 1.29 is 0 Å². The summed E-state index contributed by atoms with van der Waals surface area (Å²) in [6.07, 6.45) is 4.16. The predicted molar refractivity (Wildman–Crippen MR) is 154 cm³/mol. The van der Waals surface area contributed by atoms with Crippen LogP contribution in [0.15, 0.2) is 89.7 Å². The number of fused-ring (bicyclic) bond motifs is 1. The fourth-order valence-corrected chi connectivity index (χ4v) is 6.05. The van der Waals surface area contributed by atoms with Crippen LogP contribution in [0.3, 0.4) is 0 Å².